The summed E-state index contributed by atoms with van der Waals surface area (Å²) >= 11 is 1.24. The van der Waals surface area contributed by atoms with E-state index in [9.17, 15) is 18.0 Å². The summed E-state index contributed by atoms with van der Waals surface area (Å²) in [6.45, 7) is 1.45. The number of thiazole rings is 1. The lowest BCUT2D eigenvalue weighted by Gasteiger charge is -2.30. The minimum atomic E-state index is -4.35. The highest BCUT2D eigenvalue weighted by Crippen LogP contribution is 2.31. The first kappa shape index (κ1) is 25.7. The molecule has 194 valence electrons. The summed E-state index contributed by atoms with van der Waals surface area (Å²) in [5.41, 5.74) is 0.874. The second-order valence-electron chi connectivity index (χ2n) is 9.31. The molecule has 1 aliphatic carbocycles. The van der Waals surface area contributed by atoms with Crippen LogP contribution in [0.4, 0.5) is 13.2 Å². The van der Waals surface area contributed by atoms with Gasteiger partial charge in [-0.1, -0.05) is 11.3 Å². The van der Waals surface area contributed by atoms with Crippen LogP contribution >= 0.6 is 11.3 Å². The third-order valence-electron chi connectivity index (χ3n) is 6.55. The predicted octanol–water partition coefficient (Wildman–Crippen LogP) is 3.36. The van der Waals surface area contributed by atoms with Crippen LogP contribution in [0.1, 0.15) is 42.7 Å². The summed E-state index contributed by atoms with van der Waals surface area (Å²) in [6.07, 6.45) is 5.75. The smallest absolute Gasteiger partial charge is 0.422 e. The fraction of sp³-hybridized carbons (Fsp3) is 0.696. The lowest BCUT2D eigenvalue weighted by molar-refractivity contribution is -0.153. The van der Waals surface area contributed by atoms with Crippen LogP contribution in [0.15, 0.2) is 12.4 Å². The summed E-state index contributed by atoms with van der Waals surface area (Å²) < 4.78 is 49.0. The van der Waals surface area contributed by atoms with Gasteiger partial charge in [-0.15, -0.1) is 0 Å². The molecule has 0 atom stereocenters. The summed E-state index contributed by atoms with van der Waals surface area (Å²) in [5, 5.41) is 7.21. The number of hydrogen-bond donors (Lipinski definition) is 1. The van der Waals surface area contributed by atoms with Gasteiger partial charge in [0, 0.05) is 37.5 Å². The summed E-state index contributed by atoms with van der Waals surface area (Å²) in [7, 11) is 1.80. The number of aryl methyl sites for hydroxylation is 1. The van der Waals surface area contributed by atoms with Crippen molar-refractivity contribution in [1.29, 1.82) is 0 Å². The molecule has 0 aromatic carbocycles. The first-order valence-electron chi connectivity index (χ1n) is 12.0. The molecule has 8 nitrogen and oxygen atoms in total. The Bertz CT molecular complexity index is 947. The molecule has 3 heterocycles. The van der Waals surface area contributed by atoms with Gasteiger partial charge in [-0.3, -0.25) is 9.48 Å². The van der Waals surface area contributed by atoms with Gasteiger partial charge in [0.15, 0.2) is 19.0 Å². The number of aromatic nitrogens is 3. The van der Waals surface area contributed by atoms with Crippen molar-refractivity contribution >= 4 is 17.2 Å². The largest absolute Gasteiger partial charge is 0.480 e. The van der Waals surface area contributed by atoms with Gasteiger partial charge in [-0.2, -0.15) is 18.3 Å². The molecule has 4 rings (SSSR count). The van der Waals surface area contributed by atoms with Crippen molar-refractivity contribution in [3.8, 4) is 10.9 Å². The van der Waals surface area contributed by atoms with Crippen LogP contribution in [0.2, 0.25) is 0 Å². The van der Waals surface area contributed by atoms with Crippen molar-refractivity contribution in [2.24, 2.45) is 13.0 Å². The number of hydrogen-bond acceptors (Lipinski definition) is 7. The number of nitrogens with zero attached hydrogens (tertiary/aromatic N) is 4. The van der Waals surface area contributed by atoms with Crippen molar-refractivity contribution in [1.82, 2.24) is 25.0 Å². The average Bonchev–Trinajstić information content (AvgIpc) is 3.36. The zero-order chi connectivity index (χ0) is 24.8. The summed E-state index contributed by atoms with van der Waals surface area (Å²) in [6, 6.07) is 0.199. The Kier molecular flexibility index (Phi) is 8.53. The minimum absolute atomic E-state index is 0.00310. The zero-order valence-electron chi connectivity index (χ0n) is 19.9. The third kappa shape index (κ3) is 8.09. The third-order valence-corrected chi connectivity index (χ3v) is 7.62. The molecule has 12 heteroatoms. The highest BCUT2D eigenvalue weighted by molar-refractivity contribution is 7.13. The van der Waals surface area contributed by atoms with Crippen molar-refractivity contribution in [3.05, 3.63) is 23.0 Å². The molecule has 1 amide bonds. The minimum Gasteiger partial charge on any atom is -0.480 e. The molecule has 0 bridgehead atoms. The van der Waals surface area contributed by atoms with E-state index in [4.69, 9.17) is 9.47 Å². The first-order chi connectivity index (χ1) is 16.7. The second kappa shape index (κ2) is 11.6. The molecule has 1 N–H and O–H groups in total. The normalized spacial score (nSPS) is 21.3. The predicted molar refractivity (Wildman–Crippen MR) is 125 cm³/mol. The van der Waals surface area contributed by atoms with Crippen LogP contribution in [0, 0.1) is 5.92 Å². The van der Waals surface area contributed by atoms with Gasteiger partial charge in [0.05, 0.1) is 18.1 Å². The van der Waals surface area contributed by atoms with Crippen molar-refractivity contribution in [2.75, 3.05) is 32.8 Å². The average molecular weight is 516 g/mol. The Hall–Kier alpha value is -2.34. The summed E-state index contributed by atoms with van der Waals surface area (Å²) in [5.74, 6) is 1.13. The van der Waals surface area contributed by atoms with E-state index in [2.05, 4.69) is 20.3 Å². The van der Waals surface area contributed by atoms with Gasteiger partial charge >= 0.3 is 6.18 Å². The number of ether oxygens (including phenoxy) is 2. The first-order valence-corrected chi connectivity index (χ1v) is 12.9. The van der Waals surface area contributed by atoms with Gasteiger partial charge in [0.2, 0.25) is 0 Å². The number of alkyl halides is 3. The van der Waals surface area contributed by atoms with Crippen molar-refractivity contribution < 1.29 is 27.4 Å². The number of fused-ring (bicyclic) bond motifs is 1. The number of carbonyl (C=O) groups is 1. The van der Waals surface area contributed by atoms with E-state index in [0.29, 0.717) is 11.7 Å². The standard InChI is InChI=1S/C23H32F3N5O3S/c1-30-13-18(12-27-30)33-14-21(32)28-17-4-2-16(3-5-17)6-9-31-10-7-19-20(8-11-31)35-22(29-19)34-15-23(24,25)26/h12-13,16-17H,2-11,14-15H2,1H3,(H,28,32)/t16-,17-. The van der Waals surface area contributed by atoms with Crippen LogP contribution in [-0.2, 0) is 24.7 Å². The number of amides is 1. The lowest BCUT2D eigenvalue weighted by Crippen LogP contribution is -2.40. The van der Waals surface area contributed by atoms with E-state index in [1.807, 2.05) is 0 Å². The number of carbonyl (C=O) groups excluding carboxylic acids is 1. The van der Waals surface area contributed by atoms with E-state index in [1.54, 1.807) is 24.1 Å². The summed E-state index contributed by atoms with van der Waals surface area (Å²) in [4.78, 5) is 19.9. The molecule has 1 fully saturated rings. The molecule has 1 saturated carbocycles. The second-order valence-corrected chi connectivity index (χ2v) is 10.4. The molecular weight excluding hydrogens is 483 g/mol. The molecular formula is C23H32F3N5O3S. The Morgan fingerprint density at radius 2 is 1.97 bits per heavy atom. The van der Waals surface area contributed by atoms with E-state index in [-0.39, 0.29) is 23.7 Å². The van der Waals surface area contributed by atoms with Crippen LogP contribution in [0.5, 0.6) is 10.9 Å². The van der Waals surface area contributed by atoms with E-state index < -0.39 is 12.8 Å². The maximum Gasteiger partial charge on any atom is 0.422 e. The van der Waals surface area contributed by atoms with Crippen LogP contribution in [0.25, 0.3) is 0 Å². The fourth-order valence-electron chi connectivity index (χ4n) is 4.67. The van der Waals surface area contributed by atoms with Crippen LogP contribution in [-0.4, -0.2) is 70.6 Å². The molecule has 0 unspecified atom stereocenters. The van der Waals surface area contributed by atoms with Gasteiger partial charge < -0.3 is 19.7 Å². The van der Waals surface area contributed by atoms with Gasteiger partial charge in [-0.05, 0) is 51.0 Å². The molecule has 0 spiro atoms. The number of halogens is 3. The molecule has 1 aliphatic heterocycles. The molecule has 0 radical (unpaired) electrons. The molecule has 2 aliphatic rings. The number of nitrogens with one attached hydrogen (secondary N) is 1. The van der Waals surface area contributed by atoms with Crippen LogP contribution < -0.4 is 14.8 Å². The van der Waals surface area contributed by atoms with E-state index in [1.165, 1.54) is 11.3 Å². The fourth-order valence-corrected chi connectivity index (χ4v) is 5.61. The number of rotatable bonds is 9. The maximum atomic E-state index is 12.4. The van der Waals surface area contributed by atoms with E-state index in [0.717, 1.165) is 75.2 Å². The molecule has 2 aromatic heterocycles. The van der Waals surface area contributed by atoms with Gasteiger partial charge in [-0.25, -0.2) is 4.98 Å². The molecule has 35 heavy (non-hydrogen) atoms. The van der Waals surface area contributed by atoms with Gasteiger partial charge in [0.25, 0.3) is 11.1 Å². The highest BCUT2D eigenvalue weighted by atomic mass is 32.1. The van der Waals surface area contributed by atoms with Gasteiger partial charge in [0.1, 0.15) is 0 Å². The molecule has 0 saturated heterocycles. The Morgan fingerprint density at radius 1 is 1.20 bits per heavy atom. The highest BCUT2D eigenvalue weighted by Gasteiger charge is 2.30. The van der Waals surface area contributed by atoms with E-state index >= 15 is 0 Å². The monoisotopic (exact) mass is 515 g/mol. The quantitative estimate of drug-likeness (QED) is 0.552. The maximum absolute atomic E-state index is 12.4. The zero-order valence-corrected chi connectivity index (χ0v) is 20.7. The Morgan fingerprint density at radius 3 is 2.69 bits per heavy atom. The van der Waals surface area contributed by atoms with Crippen LogP contribution in [0.3, 0.4) is 0 Å². The SMILES string of the molecule is Cn1cc(OCC(=O)N[C@H]2CC[C@H](CCN3CCc4nc(OCC(F)(F)F)sc4CC3)CC2)cn1. The Balaban J connectivity index is 1.11. The Labute approximate surface area is 206 Å². The topological polar surface area (TPSA) is 81.5 Å². The lowest BCUT2D eigenvalue weighted by atomic mass is 9.84. The van der Waals surface area contributed by atoms with Crippen molar-refractivity contribution in [2.45, 2.75) is 57.2 Å². The molecule has 2 aromatic rings. The van der Waals surface area contributed by atoms with Crippen molar-refractivity contribution in [3.63, 3.8) is 0 Å².